The third-order valence-corrected chi connectivity index (χ3v) is 8.78. The number of carbonyl (C=O) groups excluding carboxylic acids is 1. The van der Waals surface area contributed by atoms with Crippen molar-refractivity contribution < 1.29 is 18.8 Å². The highest BCUT2D eigenvalue weighted by Gasteiger charge is 2.52. The first-order valence-electron chi connectivity index (χ1n) is 15.3. The van der Waals surface area contributed by atoms with E-state index in [9.17, 15) is 4.79 Å². The van der Waals surface area contributed by atoms with Crippen molar-refractivity contribution in [3.8, 4) is 17.0 Å². The Morgan fingerprint density at radius 2 is 1.45 bits per heavy atom. The van der Waals surface area contributed by atoms with Crippen molar-refractivity contribution >= 4 is 51.8 Å². The summed E-state index contributed by atoms with van der Waals surface area (Å²) >= 11 is 0. The molecule has 1 aromatic carbocycles. The van der Waals surface area contributed by atoms with E-state index in [-0.39, 0.29) is 24.4 Å². The minimum atomic E-state index is -0.365. The quantitative estimate of drug-likeness (QED) is 0.219. The van der Waals surface area contributed by atoms with Gasteiger partial charge in [-0.3, -0.25) is 15.0 Å². The molecule has 6 aromatic rings. The van der Waals surface area contributed by atoms with Crippen LogP contribution in [0, 0.1) is 0 Å². The van der Waals surface area contributed by atoms with Gasteiger partial charge in [-0.05, 0) is 64.1 Å². The van der Waals surface area contributed by atoms with Crippen LogP contribution in [0.5, 0.6) is 5.75 Å². The van der Waals surface area contributed by atoms with Crippen LogP contribution in [0.2, 0.25) is 0 Å². The highest BCUT2D eigenvalue weighted by molar-refractivity contribution is 6.65. The van der Waals surface area contributed by atoms with Gasteiger partial charge in [0.2, 0.25) is 0 Å². The van der Waals surface area contributed by atoms with Crippen LogP contribution in [0.25, 0.3) is 33.1 Å². The zero-order valence-corrected chi connectivity index (χ0v) is 27.6. The van der Waals surface area contributed by atoms with Gasteiger partial charge in [-0.1, -0.05) is 12.1 Å². The van der Waals surface area contributed by atoms with Crippen molar-refractivity contribution in [3.05, 3.63) is 91.9 Å². The van der Waals surface area contributed by atoms with Crippen LogP contribution < -0.4 is 20.8 Å². The normalized spacial score (nSPS) is 14.9. The number of fused-ring (bicyclic) bond motifs is 2. The third kappa shape index (κ3) is 6.29. The largest absolute Gasteiger partial charge is 0.497 e. The predicted octanol–water partition coefficient (Wildman–Crippen LogP) is 6.16. The molecular formula is C35H38BN7O4. The number of aromatic nitrogens is 5. The summed E-state index contributed by atoms with van der Waals surface area (Å²) in [6.45, 7) is 8.28. The molecule has 0 atom stereocenters. The highest BCUT2D eigenvalue weighted by atomic mass is 16.7. The Kier molecular flexibility index (Phi) is 8.48. The van der Waals surface area contributed by atoms with E-state index >= 15 is 0 Å². The van der Waals surface area contributed by atoms with E-state index in [0.29, 0.717) is 17.1 Å². The average molecular weight is 632 g/mol. The molecule has 0 saturated carbocycles. The lowest BCUT2D eigenvalue weighted by Gasteiger charge is -2.32. The van der Waals surface area contributed by atoms with Crippen molar-refractivity contribution in [2.75, 3.05) is 17.7 Å². The molecule has 12 heteroatoms. The Balaban J connectivity index is 0.000000177. The van der Waals surface area contributed by atoms with Crippen LogP contribution in [0.4, 0.5) is 16.2 Å². The van der Waals surface area contributed by atoms with Crippen LogP contribution >= 0.6 is 0 Å². The Bertz CT molecular complexity index is 2040. The van der Waals surface area contributed by atoms with Crippen LogP contribution in [0.3, 0.4) is 0 Å². The number of carbonyl (C=O) groups is 1. The van der Waals surface area contributed by atoms with E-state index in [0.717, 1.165) is 38.5 Å². The first-order chi connectivity index (χ1) is 22.5. The van der Waals surface area contributed by atoms with Crippen molar-refractivity contribution in [2.24, 2.45) is 14.1 Å². The molecule has 7 rings (SSSR count). The number of pyridine rings is 3. The molecular weight excluding hydrogens is 593 g/mol. The first-order valence-corrected chi connectivity index (χ1v) is 15.3. The summed E-state index contributed by atoms with van der Waals surface area (Å²) in [7, 11) is 5.23. The number of nitrogens with zero attached hydrogens (tertiary/aromatic N) is 5. The van der Waals surface area contributed by atoms with Gasteiger partial charge in [-0.25, -0.2) is 4.79 Å². The maximum absolute atomic E-state index is 12.3. The lowest BCUT2D eigenvalue weighted by atomic mass is 9.79. The first kappa shape index (κ1) is 31.8. The molecule has 0 bridgehead atoms. The van der Waals surface area contributed by atoms with Gasteiger partial charge < -0.3 is 33.8 Å². The van der Waals surface area contributed by atoms with Gasteiger partial charge in [0, 0.05) is 60.7 Å². The molecule has 0 spiro atoms. The molecule has 5 aromatic heterocycles. The van der Waals surface area contributed by atoms with Crippen molar-refractivity contribution in [1.82, 2.24) is 24.1 Å². The van der Waals surface area contributed by atoms with Gasteiger partial charge in [0.25, 0.3) is 0 Å². The highest BCUT2D eigenvalue weighted by Crippen LogP contribution is 2.37. The lowest BCUT2D eigenvalue weighted by molar-refractivity contribution is 0.00578. The fraction of sp³-hybridized carbons (Fsp3) is 0.257. The number of para-hydroxylation sites is 2. The summed E-state index contributed by atoms with van der Waals surface area (Å²) in [5.41, 5.74) is 5.61. The number of aryl methyl sites for hydroxylation is 2. The monoisotopic (exact) mass is 631 g/mol. The third-order valence-electron chi connectivity index (χ3n) is 8.78. The zero-order chi connectivity index (χ0) is 33.3. The van der Waals surface area contributed by atoms with E-state index in [1.54, 1.807) is 37.8 Å². The molecule has 2 amide bonds. The molecule has 0 radical (unpaired) electrons. The molecule has 1 saturated heterocycles. The molecule has 1 fully saturated rings. The molecule has 240 valence electrons. The number of urea groups is 1. The summed E-state index contributed by atoms with van der Waals surface area (Å²) in [6.07, 6.45) is 13.0. The van der Waals surface area contributed by atoms with E-state index in [1.807, 2.05) is 73.7 Å². The summed E-state index contributed by atoms with van der Waals surface area (Å²) in [5.74, 6) is 0.594. The Morgan fingerprint density at radius 1 is 0.809 bits per heavy atom. The van der Waals surface area contributed by atoms with Crippen LogP contribution in [0.1, 0.15) is 27.7 Å². The second-order valence-electron chi connectivity index (χ2n) is 12.4. The molecule has 2 N–H and O–H groups in total. The number of hydrogen-bond donors (Lipinski definition) is 2. The van der Waals surface area contributed by atoms with Gasteiger partial charge in [-0.15, -0.1) is 0 Å². The van der Waals surface area contributed by atoms with E-state index in [4.69, 9.17) is 14.0 Å². The smallest absolute Gasteiger partial charge is 0.495 e. The SMILES string of the molecule is COc1ccccc1NC(=O)Nc1ccc(-c2cn(C)c3cnccc23)nc1.Cn1cc(B2OC(C)(C)C(C)(C)O2)c2ccncc21. The molecule has 47 heavy (non-hydrogen) atoms. The van der Waals surface area contributed by atoms with Gasteiger partial charge in [-0.2, -0.15) is 0 Å². The number of hydrogen-bond acceptors (Lipinski definition) is 7. The van der Waals surface area contributed by atoms with E-state index in [2.05, 4.69) is 64.0 Å². The van der Waals surface area contributed by atoms with Crippen LogP contribution in [-0.4, -0.2) is 55.5 Å². The van der Waals surface area contributed by atoms with Crippen molar-refractivity contribution in [2.45, 2.75) is 38.9 Å². The number of methoxy groups -OCH3 is 1. The number of rotatable bonds is 5. The second-order valence-corrected chi connectivity index (χ2v) is 12.4. The van der Waals surface area contributed by atoms with Gasteiger partial charge in [0.1, 0.15) is 5.75 Å². The molecule has 11 nitrogen and oxygen atoms in total. The Hall–Kier alpha value is -5.20. The second kappa shape index (κ2) is 12.5. The lowest BCUT2D eigenvalue weighted by Crippen LogP contribution is -2.41. The summed E-state index contributed by atoms with van der Waals surface area (Å²) in [6, 6.07) is 14.5. The number of benzene rings is 1. The average Bonchev–Trinajstić information content (AvgIpc) is 3.65. The number of nitrogens with one attached hydrogen (secondary N) is 2. The molecule has 6 heterocycles. The van der Waals surface area contributed by atoms with Crippen molar-refractivity contribution in [3.63, 3.8) is 0 Å². The fourth-order valence-electron chi connectivity index (χ4n) is 5.51. The Labute approximate surface area is 274 Å². The molecule has 1 aliphatic heterocycles. The summed E-state index contributed by atoms with van der Waals surface area (Å²) in [4.78, 5) is 25.1. The maximum Gasteiger partial charge on any atom is 0.497 e. The standard InChI is InChI=1S/C21H19N5O2.C14H19BN2O2/c1-26-13-16(15-9-10-22-12-19(15)26)17-8-7-14(11-23-17)24-21(27)25-18-5-3-4-6-20(18)28-2;1-13(2)14(3,4)19-15(18-13)11-9-17(5)12-8-16-7-6-10(11)12/h3-13H,1-2H3,(H2,24,25,27);6-9H,1-5H3. The number of anilines is 2. The zero-order valence-electron chi connectivity index (χ0n) is 27.6. The predicted molar refractivity (Wildman–Crippen MR) is 186 cm³/mol. The summed E-state index contributed by atoms with van der Waals surface area (Å²) < 4.78 is 21.5. The number of amides is 2. The molecule has 0 unspecified atom stereocenters. The topological polar surface area (TPSA) is 117 Å². The maximum atomic E-state index is 12.3. The number of ether oxygens (including phenoxy) is 1. The van der Waals surface area contributed by atoms with Gasteiger partial charge in [0.05, 0.1) is 65.0 Å². The van der Waals surface area contributed by atoms with E-state index < -0.39 is 0 Å². The van der Waals surface area contributed by atoms with E-state index in [1.165, 1.54) is 0 Å². The fourth-order valence-corrected chi connectivity index (χ4v) is 5.51. The van der Waals surface area contributed by atoms with Crippen molar-refractivity contribution in [1.29, 1.82) is 0 Å². The molecule has 0 aliphatic carbocycles. The van der Waals surface area contributed by atoms with Gasteiger partial charge >= 0.3 is 13.1 Å². The van der Waals surface area contributed by atoms with Crippen LogP contribution in [0.15, 0.2) is 91.9 Å². The molecule has 1 aliphatic rings. The van der Waals surface area contributed by atoms with Crippen LogP contribution in [-0.2, 0) is 23.4 Å². The minimum Gasteiger partial charge on any atom is -0.495 e. The summed E-state index contributed by atoms with van der Waals surface area (Å²) in [5, 5.41) is 7.77. The minimum absolute atomic E-state index is 0.313. The Morgan fingerprint density at radius 3 is 2.11 bits per heavy atom. The van der Waals surface area contributed by atoms with Gasteiger partial charge in [0.15, 0.2) is 0 Å².